The second-order valence-electron chi connectivity index (χ2n) is 8.17. The van der Waals surface area contributed by atoms with Gasteiger partial charge in [-0.2, -0.15) is 0 Å². The maximum Gasteiger partial charge on any atom is 0.251 e. The Morgan fingerprint density at radius 2 is 1.78 bits per heavy atom. The first-order valence-electron chi connectivity index (χ1n) is 11.9. The van der Waals surface area contributed by atoms with E-state index in [1.54, 1.807) is 7.11 Å². The van der Waals surface area contributed by atoms with E-state index in [0.717, 1.165) is 34.8 Å². The Morgan fingerprint density at radius 1 is 1.14 bits per heavy atom. The van der Waals surface area contributed by atoms with Gasteiger partial charge in [0, 0.05) is 43.1 Å². The van der Waals surface area contributed by atoms with Crippen molar-refractivity contribution in [3.8, 4) is 12.8 Å². The van der Waals surface area contributed by atoms with E-state index in [4.69, 9.17) is 21.4 Å². The van der Waals surface area contributed by atoms with Crippen LogP contribution in [0.4, 0.5) is 0 Å². The number of methoxy groups -OCH3 is 1. The van der Waals surface area contributed by atoms with E-state index in [1.807, 2.05) is 69.3 Å². The van der Waals surface area contributed by atoms with Gasteiger partial charge in [-0.05, 0) is 79.6 Å². The van der Waals surface area contributed by atoms with Gasteiger partial charge in [-0.1, -0.05) is 49.4 Å². The summed E-state index contributed by atoms with van der Waals surface area (Å²) in [5, 5.41) is 15.9. The van der Waals surface area contributed by atoms with Gasteiger partial charge in [0.2, 0.25) is 0 Å². The molecule has 0 aliphatic heterocycles. The van der Waals surface area contributed by atoms with E-state index < -0.39 is 0 Å². The fourth-order valence-electron chi connectivity index (χ4n) is 3.09. The molecule has 3 N–H and O–H groups in total. The van der Waals surface area contributed by atoms with Crippen LogP contribution in [0.1, 0.15) is 47.3 Å². The molecule has 6 heteroatoms. The lowest BCUT2D eigenvalue weighted by Gasteiger charge is -2.18. The van der Waals surface area contributed by atoms with Crippen LogP contribution in [0.5, 0.6) is 0 Å². The highest BCUT2D eigenvalue weighted by Crippen LogP contribution is 2.19. The molecule has 0 aliphatic rings. The van der Waals surface area contributed by atoms with Crippen LogP contribution in [0.15, 0.2) is 66.4 Å². The van der Waals surface area contributed by atoms with Crippen LogP contribution in [0.25, 0.3) is 0 Å². The summed E-state index contributed by atoms with van der Waals surface area (Å²) >= 11 is 5.86. The normalized spacial score (nSPS) is 11.2. The van der Waals surface area contributed by atoms with E-state index in [1.165, 1.54) is 11.1 Å². The maximum atomic E-state index is 11.6. The molecule has 2 rings (SSSR count). The summed E-state index contributed by atoms with van der Waals surface area (Å²) in [4.78, 5) is 11.6. The number of benzene rings is 2. The zero-order valence-corrected chi connectivity index (χ0v) is 23.0. The molecule has 1 amide bonds. The molecule has 0 fully saturated rings. The van der Waals surface area contributed by atoms with Crippen LogP contribution in [0, 0.1) is 32.6 Å². The number of hydrogen-bond acceptors (Lipinski definition) is 4. The summed E-state index contributed by atoms with van der Waals surface area (Å²) in [5.41, 5.74) is 6.28. The van der Waals surface area contributed by atoms with Crippen LogP contribution in [-0.4, -0.2) is 37.9 Å². The zero-order valence-electron chi connectivity index (χ0n) is 22.2. The number of aliphatic hydroxyl groups is 1. The topological polar surface area (TPSA) is 70.6 Å². The van der Waals surface area contributed by atoms with Gasteiger partial charge >= 0.3 is 0 Å². The van der Waals surface area contributed by atoms with Gasteiger partial charge in [0.25, 0.3) is 5.91 Å². The van der Waals surface area contributed by atoms with Gasteiger partial charge in [-0.3, -0.25) is 4.79 Å². The quantitative estimate of drug-likeness (QED) is 0.201. The van der Waals surface area contributed by atoms with Crippen molar-refractivity contribution in [3.05, 3.63) is 93.7 Å². The van der Waals surface area contributed by atoms with Crippen molar-refractivity contribution in [2.24, 2.45) is 5.92 Å². The van der Waals surface area contributed by atoms with E-state index in [9.17, 15) is 4.79 Å². The fraction of sp³-hybridized carbons (Fsp3) is 0.367. The van der Waals surface area contributed by atoms with Crippen molar-refractivity contribution in [2.45, 2.75) is 40.7 Å². The lowest BCUT2D eigenvalue weighted by Crippen LogP contribution is -2.26. The second-order valence-corrected chi connectivity index (χ2v) is 8.61. The molecule has 1 atom stereocenters. The molecule has 36 heavy (non-hydrogen) atoms. The average molecular weight is 513 g/mol. The highest BCUT2D eigenvalue weighted by atomic mass is 35.5. The number of rotatable bonds is 11. The highest BCUT2D eigenvalue weighted by Gasteiger charge is 2.10. The number of hydrogen-bond donors (Lipinski definition) is 3. The van der Waals surface area contributed by atoms with Crippen molar-refractivity contribution in [3.63, 3.8) is 0 Å². The summed E-state index contributed by atoms with van der Waals surface area (Å²) in [6.07, 6.45) is 10.8. The molecule has 5 nitrogen and oxygen atoms in total. The van der Waals surface area contributed by atoms with Gasteiger partial charge in [0.15, 0.2) is 0 Å². The largest absolute Gasteiger partial charge is 0.396 e. The molecule has 0 saturated heterocycles. The lowest BCUT2D eigenvalue weighted by molar-refractivity contribution is 0.0937. The first kappa shape index (κ1) is 33.0. The Balaban J connectivity index is 0.000000651. The first-order chi connectivity index (χ1) is 17.2. The third-order valence-corrected chi connectivity index (χ3v) is 5.80. The highest BCUT2D eigenvalue weighted by molar-refractivity contribution is 6.30. The van der Waals surface area contributed by atoms with Crippen LogP contribution in [0.2, 0.25) is 5.02 Å². The molecule has 0 aromatic heterocycles. The Labute approximate surface area is 222 Å². The molecule has 0 spiro atoms. The van der Waals surface area contributed by atoms with E-state index in [2.05, 4.69) is 37.0 Å². The Bertz CT molecular complexity index is 981. The molecule has 0 bridgehead atoms. The number of halogens is 1. The smallest absolute Gasteiger partial charge is 0.251 e. The zero-order chi connectivity index (χ0) is 27.5. The number of carbonyl (C=O) groups is 1. The Hall–Kier alpha value is -3.04. The molecule has 0 saturated carbocycles. The lowest BCUT2D eigenvalue weighted by atomic mass is 9.96. The number of allylic oxidation sites excluding steroid dienone is 2. The number of terminal acetylenes is 1. The number of carbonyl (C=O) groups excluding carboxylic acids is 1. The molecule has 196 valence electrons. The number of ether oxygens (including phenoxy) is 1. The number of nitrogens with one attached hydrogen (secondary N) is 2. The van der Waals surface area contributed by atoms with Crippen molar-refractivity contribution in [2.75, 3.05) is 26.9 Å². The van der Waals surface area contributed by atoms with Gasteiger partial charge in [-0.25, -0.2) is 0 Å². The van der Waals surface area contributed by atoms with Crippen molar-refractivity contribution < 1.29 is 14.6 Å². The van der Waals surface area contributed by atoms with Crippen molar-refractivity contribution in [1.82, 2.24) is 10.6 Å². The molecule has 2 aromatic carbocycles. The number of aliphatic hydroxyl groups excluding tert-OH is 1. The standard InChI is InChI=1S/C16H22ClNO.C12H17NO2.C2H2/c1-4-16(13(3)12(2)9-10-19)18-11-14-5-7-15(17)8-6-14;1-9-4-5-11(8-10(9)2)12(14)13-6-7-15-3;1-2/h4-8,12,18-19H,3,9-11H2,1-2H3;4-5,8H,6-7H2,1-3H3,(H,13,14);1-2H/b16-4-;;. The minimum Gasteiger partial charge on any atom is -0.396 e. The molecular weight excluding hydrogens is 472 g/mol. The van der Waals surface area contributed by atoms with Crippen LogP contribution >= 0.6 is 11.6 Å². The molecular formula is C30H41ClN2O3. The monoisotopic (exact) mass is 512 g/mol. The summed E-state index contributed by atoms with van der Waals surface area (Å²) in [7, 11) is 1.61. The van der Waals surface area contributed by atoms with Crippen LogP contribution in [-0.2, 0) is 11.3 Å². The Morgan fingerprint density at radius 3 is 2.31 bits per heavy atom. The number of aryl methyl sites for hydroxylation is 2. The summed E-state index contributed by atoms with van der Waals surface area (Å²) in [6.45, 7) is 14.2. The maximum absolute atomic E-state index is 11.6. The molecule has 0 aliphatic carbocycles. The molecule has 0 radical (unpaired) electrons. The predicted octanol–water partition coefficient (Wildman–Crippen LogP) is 5.84. The van der Waals surface area contributed by atoms with Crippen LogP contribution in [0.3, 0.4) is 0 Å². The molecule has 2 aromatic rings. The summed E-state index contributed by atoms with van der Waals surface area (Å²) in [6, 6.07) is 13.5. The summed E-state index contributed by atoms with van der Waals surface area (Å²) in [5.74, 6) is 0.226. The van der Waals surface area contributed by atoms with Crippen molar-refractivity contribution >= 4 is 17.5 Å². The minimum absolute atomic E-state index is 0.0462. The summed E-state index contributed by atoms with van der Waals surface area (Å²) < 4.78 is 4.86. The average Bonchev–Trinajstić information content (AvgIpc) is 2.88. The predicted molar refractivity (Wildman–Crippen MR) is 152 cm³/mol. The van der Waals surface area contributed by atoms with Gasteiger partial charge in [0.1, 0.15) is 0 Å². The van der Waals surface area contributed by atoms with E-state index >= 15 is 0 Å². The van der Waals surface area contributed by atoms with Gasteiger partial charge in [0.05, 0.1) is 6.61 Å². The van der Waals surface area contributed by atoms with Crippen molar-refractivity contribution in [1.29, 1.82) is 0 Å². The SMILES string of the molecule is C#C.C=C(/C(=C/C)NCc1ccc(Cl)cc1)C(C)CCO.COCCNC(=O)c1ccc(C)c(C)c1. The fourth-order valence-corrected chi connectivity index (χ4v) is 3.21. The number of amides is 1. The van der Waals surface area contributed by atoms with Gasteiger partial charge in [-0.15, -0.1) is 12.8 Å². The third-order valence-electron chi connectivity index (χ3n) is 5.55. The third kappa shape index (κ3) is 12.6. The minimum atomic E-state index is -0.0462. The Kier molecular flexibility index (Phi) is 17.6. The van der Waals surface area contributed by atoms with Crippen LogP contribution < -0.4 is 10.6 Å². The van der Waals surface area contributed by atoms with E-state index in [0.29, 0.717) is 18.7 Å². The first-order valence-corrected chi connectivity index (χ1v) is 12.2. The second kappa shape index (κ2) is 19.2. The van der Waals surface area contributed by atoms with Gasteiger partial charge < -0.3 is 20.5 Å². The van der Waals surface area contributed by atoms with E-state index in [-0.39, 0.29) is 18.4 Å². The molecule has 0 heterocycles. The molecule has 1 unspecified atom stereocenters.